The van der Waals surface area contributed by atoms with Crippen molar-refractivity contribution in [2.75, 3.05) is 38.7 Å². The Balaban J connectivity index is 2.14. The average Bonchev–Trinajstić information content (AvgIpc) is 3.00. The first-order valence-corrected chi connectivity index (χ1v) is 16.3. The number of carbonyl (C=O) groups excluding carboxylic acids is 2. The molecular weight excluding hydrogens is 618 g/mol. The van der Waals surface area contributed by atoms with Crippen LogP contribution in [0.15, 0.2) is 71.6 Å². The molecule has 0 saturated carbocycles. The highest BCUT2D eigenvalue weighted by molar-refractivity contribution is 7.92. The molecular formula is C33H42ClN3O7S. The monoisotopic (exact) mass is 659 g/mol. The van der Waals surface area contributed by atoms with E-state index in [0.717, 1.165) is 9.87 Å². The zero-order chi connectivity index (χ0) is 33.4. The molecule has 12 heteroatoms. The molecule has 0 bridgehead atoms. The van der Waals surface area contributed by atoms with Gasteiger partial charge in [0.2, 0.25) is 11.8 Å². The van der Waals surface area contributed by atoms with Crippen LogP contribution in [0.3, 0.4) is 0 Å². The van der Waals surface area contributed by atoms with E-state index < -0.39 is 34.1 Å². The summed E-state index contributed by atoms with van der Waals surface area (Å²) in [6, 6.07) is 17.4. The van der Waals surface area contributed by atoms with E-state index in [4.69, 9.17) is 25.8 Å². The first-order valence-electron chi connectivity index (χ1n) is 14.5. The SMILES string of the molecule is CCC(C(=O)NC(C)(C)C)N(CCc1ccccc1)C(=O)CN(c1cc(Cl)ccc1OC)S(=O)(=O)c1ccc(OC)c(OC)c1. The van der Waals surface area contributed by atoms with Gasteiger partial charge in [-0.1, -0.05) is 48.9 Å². The van der Waals surface area contributed by atoms with E-state index in [1.165, 1.54) is 56.6 Å². The Hall–Kier alpha value is -3.96. The summed E-state index contributed by atoms with van der Waals surface area (Å²) < 4.78 is 45.8. The van der Waals surface area contributed by atoms with Crippen molar-refractivity contribution in [1.82, 2.24) is 10.2 Å². The molecule has 0 aliphatic carbocycles. The van der Waals surface area contributed by atoms with Crippen molar-refractivity contribution >= 4 is 39.1 Å². The lowest BCUT2D eigenvalue weighted by atomic mass is 10.1. The number of ether oxygens (including phenoxy) is 3. The third kappa shape index (κ3) is 9.04. The molecule has 1 unspecified atom stereocenters. The van der Waals surface area contributed by atoms with E-state index in [1.54, 1.807) is 6.07 Å². The fraction of sp³-hybridized carbons (Fsp3) is 0.394. The van der Waals surface area contributed by atoms with Gasteiger partial charge in [-0.3, -0.25) is 13.9 Å². The van der Waals surface area contributed by atoms with Crippen LogP contribution in [0.4, 0.5) is 5.69 Å². The van der Waals surface area contributed by atoms with Crippen molar-refractivity contribution in [2.45, 2.75) is 57.0 Å². The number of nitrogens with one attached hydrogen (secondary N) is 1. The summed E-state index contributed by atoms with van der Waals surface area (Å²) in [5.41, 5.74) is 0.478. The summed E-state index contributed by atoms with van der Waals surface area (Å²) >= 11 is 6.33. The lowest BCUT2D eigenvalue weighted by Crippen LogP contribution is -2.56. The number of halogens is 1. The van der Waals surface area contributed by atoms with Crippen LogP contribution >= 0.6 is 11.6 Å². The highest BCUT2D eigenvalue weighted by Crippen LogP contribution is 2.37. The first kappa shape index (κ1) is 35.5. The van der Waals surface area contributed by atoms with Crippen molar-refractivity contribution in [3.05, 3.63) is 77.3 Å². The van der Waals surface area contributed by atoms with Crippen LogP contribution in [-0.4, -0.2) is 71.1 Å². The minimum atomic E-state index is -4.43. The lowest BCUT2D eigenvalue weighted by Gasteiger charge is -2.35. The largest absolute Gasteiger partial charge is 0.495 e. The molecule has 0 heterocycles. The maximum Gasteiger partial charge on any atom is 0.265 e. The van der Waals surface area contributed by atoms with Crippen LogP contribution in [-0.2, 0) is 26.0 Å². The number of anilines is 1. The van der Waals surface area contributed by atoms with E-state index >= 15 is 0 Å². The molecule has 0 saturated heterocycles. The molecule has 0 spiro atoms. The molecule has 244 valence electrons. The van der Waals surface area contributed by atoms with Gasteiger partial charge < -0.3 is 24.4 Å². The van der Waals surface area contributed by atoms with Gasteiger partial charge in [-0.05, 0) is 69.5 Å². The summed E-state index contributed by atoms with van der Waals surface area (Å²) in [6.45, 7) is 6.93. The summed E-state index contributed by atoms with van der Waals surface area (Å²) in [6.07, 6.45) is 0.764. The topological polar surface area (TPSA) is 114 Å². The molecule has 0 aromatic heterocycles. The van der Waals surface area contributed by atoms with Crippen molar-refractivity contribution in [3.8, 4) is 17.2 Å². The number of rotatable bonds is 14. The highest BCUT2D eigenvalue weighted by atomic mass is 35.5. The summed E-state index contributed by atoms with van der Waals surface area (Å²) in [7, 11) is -0.194. The second kappa shape index (κ2) is 15.4. The predicted octanol–water partition coefficient (Wildman–Crippen LogP) is 5.33. The van der Waals surface area contributed by atoms with Gasteiger partial charge >= 0.3 is 0 Å². The third-order valence-corrected chi connectivity index (χ3v) is 8.99. The molecule has 3 rings (SSSR count). The van der Waals surface area contributed by atoms with E-state index in [0.29, 0.717) is 18.6 Å². The minimum Gasteiger partial charge on any atom is -0.495 e. The number of sulfonamides is 1. The summed E-state index contributed by atoms with van der Waals surface area (Å²) in [5, 5.41) is 3.20. The van der Waals surface area contributed by atoms with Crippen molar-refractivity contribution in [1.29, 1.82) is 0 Å². The number of nitrogens with zero attached hydrogens (tertiary/aromatic N) is 2. The zero-order valence-electron chi connectivity index (χ0n) is 26.8. The van der Waals surface area contributed by atoms with Crippen LogP contribution in [0.2, 0.25) is 5.02 Å². The summed E-state index contributed by atoms with van der Waals surface area (Å²) in [4.78, 5) is 29.1. The second-order valence-electron chi connectivity index (χ2n) is 11.3. The molecule has 3 aromatic carbocycles. The number of amides is 2. The number of carbonyl (C=O) groups is 2. The number of hydrogen-bond acceptors (Lipinski definition) is 7. The lowest BCUT2D eigenvalue weighted by molar-refractivity contribution is -0.140. The number of benzene rings is 3. The van der Waals surface area contributed by atoms with Gasteiger partial charge in [0.05, 0.1) is 31.9 Å². The van der Waals surface area contributed by atoms with Gasteiger partial charge in [0.25, 0.3) is 10.0 Å². The Kier molecular flexibility index (Phi) is 12.1. The van der Waals surface area contributed by atoms with Crippen LogP contribution in [0.25, 0.3) is 0 Å². The van der Waals surface area contributed by atoms with E-state index in [-0.39, 0.29) is 39.6 Å². The molecule has 0 radical (unpaired) electrons. The highest BCUT2D eigenvalue weighted by Gasteiger charge is 2.36. The van der Waals surface area contributed by atoms with Crippen molar-refractivity contribution in [3.63, 3.8) is 0 Å². The normalized spacial score (nSPS) is 12.2. The maximum atomic E-state index is 14.4. The van der Waals surface area contributed by atoms with Gasteiger partial charge in [-0.2, -0.15) is 0 Å². The van der Waals surface area contributed by atoms with Crippen molar-refractivity contribution in [2.24, 2.45) is 0 Å². The Morgan fingerprint density at radius 1 is 0.889 bits per heavy atom. The number of hydrogen-bond donors (Lipinski definition) is 1. The molecule has 45 heavy (non-hydrogen) atoms. The molecule has 0 aliphatic rings. The van der Waals surface area contributed by atoms with Crippen molar-refractivity contribution < 1.29 is 32.2 Å². The Morgan fingerprint density at radius 2 is 1.51 bits per heavy atom. The Morgan fingerprint density at radius 3 is 2.09 bits per heavy atom. The third-order valence-electron chi connectivity index (χ3n) is 7.00. The molecule has 1 atom stereocenters. The predicted molar refractivity (Wildman–Crippen MR) is 176 cm³/mol. The molecule has 10 nitrogen and oxygen atoms in total. The first-order chi connectivity index (χ1) is 21.2. The second-order valence-corrected chi connectivity index (χ2v) is 13.6. The minimum absolute atomic E-state index is 0.0586. The number of methoxy groups -OCH3 is 3. The molecule has 3 aromatic rings. The molecule has 0 aliphatic heterocycles. The van der Waals surface area contributed by atoms with E-state index in [9.17, 15) is 18.0 Å². The average molecular weight is 660 g/mol. The van der Waals surface area contributed by atoms with Gasteiger partial charge in [0.1, 0.15) is 18.3 Å². The molecule has 1 N–H and O–H groups in total. The smallest absolute Gasteiger partial charge is 0.265 e. The van der Waals surface area contributed by atoms with Crippen LogP contribution < -0.4 is 23.8 Å². The fourth-order valence-corrected chi connectivity index (χ4v) is 6.42. The fourth-order valence-electron chi connectivity index (χ4n) is 4.82. The quantitative estimate of drug-likeness (QED) is 0.249. The molecule has 0 fully saturated rings. The van der Waals surface area contributed by atoms with Crippen LogP contribution in [0.1, 0.15) is 39.7 Å². The Bertz CT molecular complexity index is 1580. The van der Waals surface area contributed by atoms with E-state index in [2.05, 4.69) is 5.32 Å². The van der Waals surface area contributed by atoms with Crippen LogP contribution in [0.5, 0.6) is 17.2 Å². The van der Waals surface area contributed by atoms with Gasteiger partial charge in [-0.25, -0.2) is 8.42 Å². The summed E-state index contributed by atoms with van der Waals surface area (Å²) in [5.74, 6) is -0.196. The van der Waals surface area contributed by atoms with Crippen LogP contribution in [0, 0.1) is 0 Å². The molecule has 2 amide bonds. The zero-order valence-corrected chi connectivity index (χ0v) is 28.4. The van der Waals surface area contributed by atoms with Gasteiger partial charge in [0, 0.05) is 23.2 Å². The maximum absolute atomic E-state index is 14.4. The standard InChI is InChI=1S/C33H42ClN3O7S/c1-8-26(32(39)35-33(2,3)4)36(19-18-23-12-10-9-11-13-23)31(38)22-37(27-20-24(34)14-16-28(27)42-5)45(40,41)25-15-17-29(43-6)30(21-25)44-7/h9-17,20-21,26H,8,18-19,22H2,1-7H3,(H,35,39). The Labute approximate surface area is 271 Å². The van der Waals surface area contributed by atoms with Gasteiger partial charge in [-0.15, -0.1) is 0 Å². The van der Waals surface area contributed by atoms with Gasteiger partial charge in [0.15, 0.2) is 11.5 Å². The van der Waals surface area contributed by atoms with E-state index in [1.807, 2.05) is 58.0 Å².